The Hall–Kier alpha value is -3.08. The van der Waals surface area contributed by atoms with Crippen LogP contribution in [0.3, 0.4) is 0 Å². The molecule has 0 saturated heterocycles. The fourth-order valence-corrected chi connectivity index (χ4v) is 2.54. The number of rotatable bonds is 6. The Kier molecular flexibility index (Phi) is 5.82. The first kappa shape index (κ1) is 16.8. The minimum absolute atomic E-state index is 0.750. The number of para-hydroxylation sites is 1. The first-order valence-electron chi connectivity index (χ1n) is 8.43. The summed E-state index contributed by atoms with van der Waals surface area (Å²) in [5.74, 6) is 1.67. The highest BCUT2D eigenvalue weighted by molar-refractivity contribution is 5.80. The van der Waals surface area contributed by atoms with Gasteiger partial charge in [0.1, 0.15) is 5.82 Å². The molecule has 25 heavy (non-hydrogen) atoms. The van der Waals surface area contributed by atoms with Crippen LogP contribution in [0.25, 0.3) is 10.9 Å². The van der Waals surface area contributed by atoms with Crippen molar-refractivity contribution in [1.29, 1.82) is 0 Å². The number of hydrogen-bond acceptors (Lipinski definition) is 3. The molecule has 3 aromatic rings. The summed E-state index contributed by atoms with van der Waals surface area (Å²) in [5.41, 5.74) is 2.23. The maximum atomic E-state index is 4.60. The second-order valence-electron chi connectivity index (χ2n) is 5.65. The number of nitrogens with one attached hydrogen (secondary N) is 3. The first-order valence-corrected chi connectivity index (χ1v) is 8.43. The topological polar surface area (TPSA) is 61.3 Å². The number of aliphatic imine (C=N–C) groups is 1. The highest BCUT2D eigenvalue weighted by atomic mass is 15.2. The number of aromatic nitrogens is 1. The molecule has 2 aromatic carbocycles. The highest BCUT2D eigenvalue weighted by Crippen LogP contribution is 2.14. The smallest absolute Gasteiger partial charge is 0.191 e. The predicted molar refractivity (Wildman–Crippen MR) is 105 cm³/mol. The van der Waals surface area contributed by atoms with E-state index in [9.17, 15) is 0 Å². The van der Waals surface area contributed by atoms with E-state index in [1.807, 2.05) is 42.5 Å². The van der Waals surface area contributed by atoms with Gasteiger partial charge in [-0.15, -0.1) is 0 Å². The van der Waals surface area contributed by atoms with Gasteiger partial charge in [0.25, 0.3) is 0 Å². The minimum atomic E-state index is 0.750. The maximum absolute atomic E-state index is 4.60. The summed E-state index contributed by atoms with van der Waals surface area (Å²) in [7, 11) is 1.78. The van der Waals surface area contributed by atoms with Gasteiger partial charge in [-0.3, -0.25) is 4.99 Å². The van der Waals surface area contributed by atoms with Crippen molar-refractivity contribution >= 4 is 22.7 Å². The van der Waals surface area contributed by atoms with Gasteiger partial charge in [0.15, 0.2) is 5.96 Å². The van der Waals surface area contributed by atoms with Gasteiger partial charge in [0.2, 0.25) is 0 Å². The maximum Gasteiger partial charge on any atom is 0.191 e. The molecule has 0 aliphatic carbocycles. The Bertz CT molecular complexity index is 830. The number of nitrogens with zero attached hydrogens (tertiary/aromatic N) is 2. The van der Waals surface area contributed by atoms with Gasteiger partial charge < -0.3 is 16.0 Å². The summed E-state index contributed by atoms with van der Waals surface area (Å²) in [6.07, 6.45) is 0. The van der Waals surface area contributed by atoms with Gasteiger partial charge in [-0.1, -0.05) is 48.5 Å². The third-order valence-electron chi connectivity index (χ3n) is 3.85. The van der Waals surface area contributed by atoms with Crippen molar-refractivity contribution in [2.75, 3.05) is 25.5 Å². The standard InChI is InChI=1S/C20H23N5/c1-21-20(24-15-16-7-3-2-4-8-16)23-14-13-22-19-12-11-17-9-5-6-10-18(17)25-19/h2-12H,13-15H2,1H3,(H,22,25)(H2,21,23,24). The molecular weight excluding hydrogens is 310 g/mol. The normalized spacial score (nSPS) is 11.3. The zero-order valence-corrected chi connectivity index (χ0v) is 14.4. The van der Waals surface area contributed by atoms with Gasteiger partial charge in [0, 0.05) is 32.1 Å². The van der Waals surface area contributed by atoms with E-state index in [0.717, 1.165) is 42.3 Å². The summed E-state index contributed by atoms with van der Waals surface area (Å²) in [4.78, 5) is 8.84. The van der Waals surface area contributed by atoms with E-state index in [2.05, 4.69) is 50.2 Å². The zero-order valence-electron chi connectivity index (χ0n) is 14.4. The minimum Gasteiger partial charge on any atom is -0.368 e. The van der Waals surface area contributed by atoms with Crippen molar-refractivity contribution in [3.8, 4) is 0 Å². The van der Waals surface area contributed by atoms with Crippen LogP contribution in [0.4, 0.5) is 5.82 Å². The van der Waals surface area contributed by atoms with E-state index >= 15 is 0 Å². The van der Waals surface area contributed by atoms with Crippen LogP contribution in [0.5, 0.6) is 0 Å². The molecule has 0 saturated carbocycles. The molecule has 0 radical (unpaired) electrons. The predicted octanol–water partition coefficient (Wildman–Crippen LogP) is 3.01. The molecule has 0 unspecified atom stereocenters. The van der Waals surface area contributed by atoms with Crippen molar-refractivity contribution < 1.29 is 0 Å². The lowest BCUT2D eigenvalue weighted by Crippen LogP contribution is -2.39. The lowest BCUT2D eigenvalue weighted by Gasteiger charge is -2.12. The van der Waals surface area contributed by atoms with Crippen molar-refractivity contribution in [3.05, 3.63) is 72.3 Å². The first-order chi connectivity index (χ1) is 12.3. The molecule has 0 atom stereocenters. The number of pyridine rings is 1. The molecule has 0 aliphatic rings. The molecule has 0 spiro atoms. The third-order valence-corrected chi connectivity index (χ3v) is 3.85. The third kappa shape index (κ3) is 4.94. The Balaban J connectivity index is 1.43. The molecule has 0 bridgehead atoms. The van der Waals surface area contributed by atoms with Crippen LogP contribution >= 0.6 is 0 Å². The summed E-state index contributed by atoms with van der Waals surface area (Å²) in [6, 6.07) is 22.5. The van der Waals surface area contributed by atoms with Crippen molar-refractivity contribution in [1.82, 2.24) is 15.6 Å². The summed E-state index contributed by atoms with van der Waals surface area (Å²) < 4.78 is 0. The van der Waals surface area contributed by atoms with E-state index in [0.29, 0.717) is 0 Å². The Morgan fingerprint density at radius 1 is 0.880 bits per heavy atom. The fourth-order valence-electron chi connectivity index (χ4n) is 2.54. The fraction of sp³-hybridized carbons (Fsp3) is 0.200. The second-order valence-corrected chi connectivity index (χ2v) is 5.65. The molecule has 3 rings (SSSR count). The van der Waals surface area contributed by atoms with Gasteiger partial charge in [-0.2, -0.15) is 0 Å². The van der Waals surface area contributed by atoms with Crippen molar-refractivity contribution in [3.63, 3.8) is 0 Å². The number of fused-ring (bicyclic) bond motifs is 1. The summed E-state index contributed by atoms with van der Waals surface area (Å²) in [5, 5.41) is 11.1. The van der Waals surface area contributed by atoms with Crippen molar-refractivity contribution in [2.45, 2.75) is 6.54 Å². The van der Waals surface area contributed by atoms with Gasteiger partial charge >= 0.3 is 0 Å². The largest absolute Gasteiger partial charge is 0.368 e. The average Bonchev–Trinajstić information content (AvgIpc) is 2.68. The molecule has 0 fully saturated rings. The summed E-state index contributed by atoms with van der Waals surface area (Å²) in [6.45, 7) is 2.26. The van der Waals surface area contributed by atoms with Crippen LogP contribution in [-0.2, 0) is 6.54 Å². The highest BCUT2D eigenvalue weighted by Gasteiger charge is 1.99. The number of guanidine groups is 1. The lowest BCUT2D eigenvalue weighted by atomic mass is 10.2. The van der Waals surface area contributed by atoms with Crippen LogP contribution in [0.15, 0.2) is 71.7 Å². The number of anilines is 1. The molecule has 0 amide bonds. The van der Waals surface area contributed by atoms with E-state index in [-0.39, 0.29) is 0 Å². The lowest BCUT2D eigenvalue weighted by molar-refractivity contribution is 0.812. The van der Waals surface area contributed by atoms with E-state index in [4.69, 9.17) is 0 Å². The zero-order chi connectivity index (χ0) is 17.3. The van der Waals surface area contributed by atoms with Crippen LogP contribution < -0.4 is 16.0 Å². The Labute approximate surface area is 148 Å². The van der Waals surface area contributed by atoms with Crippen molar-refractivity contribution in [2.24, 2.45) is 4.99 Å². The number of hydrogen-bond donors (Lipinski definition) is 3. The van der Waals surface area contributed by atoms with Gasteiger partial charge in [-0.25, -0.2) is 4.98 Å². The molecule has 1 heterocycles. The van der Waals surface area contributed by atoms with Gasteiger partial charge in [0.05, 0.1) is 5.52 Å². The van der Waals surface area contributed by atoms with Crippen LogP contribution in [0, 0.1) is 0 Å². The van der Waals surface area contributed by atoms with E-state index in [1.165, 1.54) is 5.56 Å². The summed E-state index contributed by atoms with van der Waals surface area (Å²) >= 11 is 0. The number of benzene rings is 2. The molecule has 0 aliphatic heterocycles. The molecule has 1 aromatic heterocycles. The molecule has 3 N–H and O–H groups in total. The average molecular weight is 333 g/mol. The van der Waals surface area contributed by atoms with E-state index in [1.54, 1.807) is 7.05 Å². The Morgan fingerprint density at radius 3 is 2.52 bits per heavy atom. The van der Waals surface area contributed by atoms with Crippen LogP contribution in [0.2, 0.25) is 0 Å². The van der Waals surface area contributed by atoms with E-state index < -0.39 is 0 Å². The molecular formula is C20H23N5. The second kappa shape index (κ2) is 8.68. The van der Waals surface area contributed by atoms with Gasteiger partial charge in [-0.05, 0) is 23.8 Å². The van der Waals surface area contributed by atoms with Crippen LogP contribution in [0.1, 0.15) is 5.56 Å². The van der Waals surface area contributed by atoms with Crippen LogP contribution in [-0.4, -0.2) is 31.1 Å². The Morgan fingerprint density at radius 2 is 1.68 bits per heavy atom. The molecule has 5 heteroatoms. The SMILES string of the molecule is CN=C(NCCNc1ccc2ccccc2n1)NCc1ccccc1. The quantitative estimate of drug-likeness (QED) is 0.369. The molecule has 128 valence electrons. The molecule has 5 nitrogen and oxygen atoms in total. The monoisotopic (exact) mass is 333 g/mol.